The van der Waals surface area contributed by atoms with Crippen molar-refractivity contribution in [3.8, 4) is 5.75 Å². The van der Waals surface area contributed by atoms with Gasteiger partial charge in [0.2, 0.25) is 11.2 Å². The van der Waals surface area contributed by atoms with Crippen LogP contribution in [-0.4, -0.2) is 13.4 Å². The molecule has 1 aromatic carbocycles. The topological polar surface area (TPSA) is 37.4 Å². The van der Waals surface area contributed by atoms with Crippen LogP contribution in [0, 0.1) is 11.2 Å². The quantitative estimate of drug-likeness (QED) is 0.403. The predicted octanol–water partition coefficient (Wildman–Crippen LogP) is 5.59. The van der Waals surface area contributed by atoms with Gasteiger partial charge in [-0.15, -0.1) is 0 Å². The molecule has 0 atom stereocenters. The molecule has 1 aliphatic carbocycles. The maximum Gasteiger partial charge on any atom is 0.673 e. The molecule has 0 spiro atoms. The van der Waals surface area contributed by atoms with Crippen LogP contribution in [0.5, 0.6) is 5.75 Å². The van der Waals surface area contributed by atoms with Gasteiger partial charge >= 0.3 is 12.9 Å². The van der Waals surface area contributed by atoms with Crippen LogP contribution in [0.15, 0.2) is 12.1 Å². The van der Waals surface area contributed by atoms with Gasteiger partial charge in [-0.05, 0) is 25.7 Å². The maximum atomic E-state index is 13.2. The number of benzene rings is 1. The third kappa shape index (κ3) is 6.62. The van der Waals surface area contributed by atoms with Gasteiger partial charge in [-0.1, -0.05) is 11.6 Å². The first-order chi connectivity index (χ1) is 9.70. The summed E-state index contributed by atoms with van der Waals surface area (Å²) in [6, 6.07) is 2.41. The second-order valence-corrected chi connectivity index (χ2v) is 4.76. The molecular formula is C11H11BClF5N2O. The zero-order chi connectivity index (χ0) is 16.0. The summed E-state index contributed by atoms with van der Waals surface area (Å²) in [6.45, 7) is 0. The predicted molar refractivity (Wildman–Crippen MR) is 69.2 cm³/mol. The van der Waals surface area contributed by atoms with Crippen molar-refractivity contribution in [3.05, 3.63) is 27.9 Å². The van der Waals surface area contributed by atoms with Gasteiger partial charge < -0.3 is 22.0 Å². The van der Waals surface area contributed by atoms with E-state index in [1.165, 1.54) is 6.07 Å². The fraction of sp³-hybridized carbons (Fsp3) is 0.455. The highest BCUT2D eigenvalue weighted by atomic mass is 35.5. The van der Waals surface area contributed by atoms with Crippen molar-refractivity contribution in [2.24, 2.45) is 0 Å². The van der Waals surface area contributed by atoms with E-state index < -0.39 is 13.1 Å². The molecule has 0 heterocycles. The summed E-state index contributed by atoms with van der Waals surface area (Å²) in [7, 11) is -6.00. The maximum absolute atomic E-state index is 13.2. The molecular weight excluding hydrogens is 317 g/mol. The Kier molecular flexibility index (Phi) is 6.21. The van der Waals surface area contributed by atoms with Crippen LogP contribution in [0.2, 0.25) is 5.02 Å². The molecule has 0 amide bonds. The van der Waals surface area contributed by atoms with Crippen molar-refractivity contribution < 1.29 is 26.4 Å². The van der Waals surface area contributed by atoms with E-state index in [-0.39, 0.29) is 16.8 Å². The van der Waals surface area contributed by atoms with Gasteiger partial charge in [-0.2, -0.15) is 4.39 Å². The van der Waals surface area contributed by atoms with Crippen LogP contribution >= 0.6 is 11.6 Å². The fourth-order valence-corrected chi connectivity index (χ4v) is 2.07. The normalized spacial score (nSPS) is 15.1. The SMILES string of the molecule is F[B-](F)(F)F.N#[N+]c1cc(OC2CCCC2)c(Cl)cc1F. The third-order valence-electron chi connectivity index (χ3n) is 2.70. The van der Waals surface area contributed by atoms with E-state index in [9.17, 15) is 21.7 Å². The average molecular weight is 328 g/mol. The minimum Gasteiger partial charge on any atom is -0.489 e. The van der Waals surface area contributed by atoms with Crippen molar-refractivity contribution in [1.29, 1.82) is 5.39 Å². The highest BCUT2D eigenvalue weighted by molar-refractivity contribution is 6.50. The number of nitrogens with zero attached hydrogens (tertiary/aromatic N) is 2. The molecule has 10 heteroatoms. The molecule has 0 N–H and O–H groups in total. The molecule has 21 heavy (non-hydrogen) atoms. The van der Waals surface area contributed by atoms with Gasteiger partial charge in [-0.3, -0.25) is 0 Å². The standard InChI is InChI=1S/C11H11ClFN2O.BF4/c12-8-5-9(13)10(15-14)6-11(8)16-7-3-1-2-4-7;2-1(3,4)5/h5-7H,1-4H2;/q+1;-1. The molecule has 1 aliphatic rings. The first-order valence-electron chi connectivity index (χ1n) is 6.09. The minimum atomic E-state index is -6.00. The van der Waals surface area contributed by atoms with Gasteiger partial charge in [0.05, 0.1) is 17.2 Å². The largest absolute Gasteiger partial charge is 0.673 e. The van der Waals surface area contributed by atoms with E-state index in [1.54, 1.807) is 0 Å². The summed E-state index contributed by atoms with van der Waals surface area (Å²) in [4.78, 5) is 2.83. The van der Waals surface area contributed by atoms with Crippen LogP contribution < -0.4 is 4.74 Å². The molecule has 0 bridgehead atoms. The Morgan fingerprint density at radius 1 is 1.19 bits per heavy atom. The zero-order valence-electron chi connectivity index (χ0n) is 10.7. The Labute approximate surface area is 122 Å². The van der Waals surface area contributed by atoms with Crippen molar-refractivity contribution in [1.82, 2.24) is 0 Å². The second-order valence-electron chi connectivity index (χ2n) is 4.35. The molecule has 0 aliphatic heterocycles. The summed E-state index contributed by atoms with van der Waals surface area (Å²) >= 11 is 5.85. The summed E-state index contributed by atoms with van der Waals surface area (Å²) in [6.07, 6.45) is 4.38. The molecule has 1 aromatic rings. The Morgan fingerprint density at radius 3 is 2.19 bits per heavy atom. The molecule has 0 aromatic heterocycles. The molecule has 2 rings (SSSR count). The van der Waals surface area contributed by atoms with E-state index in [0.29, 0.717) is 5.75 Å². The molecule has 1 saturated carbocycles. The van der Waals surface area contributed by atoms with E-state index >= 15 is 0 Å². The van der Waals surface area contributed by atoms with Gasteiger partial charge in [0.1, 0.15) is 5.75 Å². The Hall–Kier alpha value is -1.56. The Bertz CT molecular complexity index is 523. The molecule has 116 valence electrons. The van der Waals surface area contributed by atoms with E-state index in [0.717, 1.165) is 31.7 Å². The molecule has 0 unspecified atom stereocenters. The molecule has 3 nitrogen and oxygen atoms in total. The van der Waals surface area contributed by atoms with Crippen LogP contribution in [0.25, 0.3) is 4.98 Å². The third-order valence-corrected chi connectivity index (χ3v) is 3.00. The number of hydrogen-bond donors (Lipinski definition) is 0. The van der Waals surface area contributed by atoms with E-state index in [4.69, 9.17) is 21.7 Å². The lowest BCUT2D eigenvalue weighted by Gasteiger charge is -2.13. The summed E-state index contributed by atoms with van der Waals surface area (Å²) in [5.74, 6) is -0.283. The highest BCUT2D eigenvalue weighted by Gasteiger charge is 2.22. The zero-order valence-corrected chi connectivity index (χ0v) is 11.5. The van der Waals surface area contributed by atoms with Gasteiger partial charge in [0.25, 0.3) is 0 Å². The molecule has 1 fully saturated rings. The second kappa shape index (κ2) is 7.45. The number of rotatable bonds is 2. The lowest BCUT2D eigenvalue weighted by molar-refractivity contribution is 0.210. The first-order valence-corrected chi connectivity index (χ1v) is 6.46. The van der Waals surface area contributed by atoms with Crippen LogP contribution in [0.1, 0.15) is 25.7 Å². The van der Waals surface area contributed by atoms with Gasteiger partial charge in [0, 0.05) is 6.07 Å². The lowest BCUT2D eigenvalue weighted by Crippen LogP contribution is -2.11. The van der Waals surface area contributed by atoms with Crippen LogP contribution in [0.4, 0.5) is 27.3 Å². The van der Waals surface area contributed by atoms with E-state index in [2.05, 4.69) is 4.98 Å². The Morgan fingerprint density at radius 2 is 1.71 bits per heavy atom. The number of ether oxygens (including phenoxy) is 1. The van der Waals surface area contributed by atoms with Crippen molar-refractivity contribution in [2.75, 3.05) is 0 Å². The number of halogens is 6. The average Bonchev–Trinajstić information content (AvgIpc) is 2.83. The Balaban J connectivity index is 0.000000383. The highest BCUT2D eigenvalue weighted by Crippen LogP contribution is 2.34. The number of diazo groups is 1. The molecule has 0 radical (unpaired) electrons. The van der Waals surface area contributed by atoms with Gasteiger partial charge in [0.15, 0.2) is 4.98 Å². The van der Waals surface area contributed by atoms with E-state index in [1.807, 2.05) is 0 Å². The summed E-state index contributed by atoms with van der Waals surface area (Å²) in [5, 5.41) is 8.79. The fourth-order valence-electron chi connectivity index (χ4n) is 1.87. The minimum absolute atomic E-state index is 0.134. The van der Waals surface area contributed by atoms with Crippen molar-refractivity contribution in [2.45, 2.75) is 31.8 Å². The first kappa shape index (κ1) is 17.5. The summed E-state index contributed by atoms with van der Waals surface area (Å²) < 4.78 is 57.8. The lowest BCUT2D eigenvalue weighted by atomic mass is 10.2. The summed E-state index contributed by atoms with van der Waals surface area (Å²) in [5.41, 5.74) is -0.155. The van der Waals surface area contributed by atoms with Crippen LogP contribution in [-0.2, 0) is 0 Å². The molecule has 0 saturated heterocycles. The smallest absolute Gasteiger partial charge is 0.489 e. The van der Waals surface area contributed by atoms with Gasteiger partial charge in [-0.25, -0.2) is 0 Å². The monoisotopic (exact) mass is 328 g/mol. The number of hydrogen-bond acceptors (Lipinski definition) is 2. The van der Waals surface area contributed by atoms with Crippen LogP contribution in [0.3, 0.4) is 0 Å². The van der Waals surface area contributed by atoms with Crippen molar-refractivity contribution >= 4 is 24.5 Å². The van der Waals surface area contributed by atoms with Crippen molar-refractivity contribution in [3.63, 3.8) is 0 Å².